The van der Waals surface area contributed by atoms with Crippen molar-refractivity contribution in [3.63, 3.8) is 0 Å². The van der Waals surface area contributed by atoms with Gasteiger partial charge in [0.05, 0.1) is 18.3 Å². The number of aromatic nitrogens is 1. The van der Waals surface area contributed by atoms with Crippen LogP contribution in [0.25, 0.3) is 10.9 Å². The first kappa shape index (κ1) is 13.2. The summed E-state index contributed by atoms with van der Waals surface area (Å²) in [6.07, 6.45) is 1.79. The molecule has 0 bridgehead atoms. The Morgan fingerprint density at radius 1 is 1.10 bits per heavy atom. The summed E-state index contributed by atoms with van der Waals surface area (Å²) in [6, 6.07) is 15.4. The van der Waals surface area contributed by atoms with Crippen LogP contribution in [0, 0.1) is 0 Å². The zero-order valence-corrected chi connectivity index (χ0v) is 11.7. The zero-order valence-electron chi connectivity index (χ0n) is 11.7. The number of hydrogen-bond acceptors (Lipinski definition) is 4. The number of ether oxygens (including phenoxy) is 2. The number of hydrogen-bond donors (Lipinski definition) is 1. The molecule has 4 nitrogen and oxygen atoms in total. The second-order valence-corrected chi connectivity index (χ2v) is 4.72. The third-order valence-corrected chi connectivity index (χ3v) is 3.28. The number of fused-ring (bicyclic) bond motifs is 1. The van der Waals surface area contributed by atoms with Gasteiger partial charge in [0.25, 0.3) is 0 Å². The molecule has 0 unspecified atom stereocenters. The van der Waals surface area contributed by atoms with Crippen LogP contribution >= 0.6 is 0 Å². The number of methoxy groups -OCH3 is 1. The highest BCUT2D eigenvalue weighted by atomic mass is 16.5. The predicted octanol–water partition coefficient (Wildman–Crippen LogP) is 3.40. The number of anilines is 1. The van der Waals surface area contributed by atoms with Crippen molar-refractivity contribution in [2.24, 2.45) is 0 Å². The molecule has 3 rings (SSSR count). The number of nitrogen functional groups attached to an aromatic ring is 1. The van der Waals surface area contributed by atoms with Crippen LogP contribution in [-0.2, 0) is 6.61 Å². The van der Waals surface area contributed by atoms with Gasteiger partial charge in [-0.3, -0.25) is 4.98 Å². The summed E-state index contributed by atoms with van der Waals surface area (Å²) in [4.78, 5) is 4.30. The number of pyridine rings is 1. The summed E-state index contributed by atoms with van der Waals surface area (Å²) in [6.45, 7) is 0.447. The van der Waals surface area contributed by atoms with E-state index in [0.717, 1.165) is 22.2 Å². The first-order chi connectivity index (χ1) is 10.3. The molecule has 0 spiro atoms. The molecule has 21 heavy (non-hydrogen) atoms. The van der Waals surface area contributed by atoms with E-state index in [2.05, 4.69) is 11.1 Å². The second-order valence-electron chi connectivity index (χ2n) is 4.72. The van der Waals surface area contributed by atoms with E-state index in [1.54, 1.807) is 25.4 Å². The smallest absolute Gasteiger partial charge is 0.146 e. The van der Waals surface area contributed by atoms with Gasteiger partial charge in [0.1, 0.15) is 18.1 Å². The van der Waals surface area contributed by atoms with Crippen molar-refractivity contribution in [2.75, 3.05) is 12.8 Å². The van der Waals surface area contributed by atoms with Gasteiger partial charge >= 0.3 is 0 Å². The van der Waals surface area contributed by atoms with Gasteiger partial charge in [-0.15, -0.1) is 0 Å². The topological polar surface area (TPSA) is 57.4 Å². The minimum atomic E-state index is 0.447. The maximum absolute atomic E-state index is 5.91. The molecule has 3 aromatic rings. The van der Waals surface area contributed by atoms with Gasteiger partial charge in [0, 0.05) is 17.6 Å². The summed E-state index contributed by atoms with van der Waals surface area (Å²) in [5.74, 6) is 1.35. The Morgan fingerprint density at radius 2 is 2.00 bits per heavy atom. The molecule has 1 heterocycles. The van der Waals surface area contributed by atoms with Gasteiger partial charge in [-0.2, -0.15) is 0 Å². The number of rotatable bonds is 4. The highest BCUT2D eigenvalue weighted by Gasteiger charge is 2.04. The molecule has 0 saturated carbocycles. The molecule has 0 aliphatic carbocycles. The van der Waals surface area contributed by atoms with E-state index >= 15 is 0 Å². The Kier molecular flexibility index (Phi) is 3.60. The van der Waals surface area contributed by atoms with Crippen molar-refractivity contribution in [2.45, 2.75) is 6.61 Å². The van der Waals surface area contributed by atoms with Gasteiger partial charge < -0.3 is 15.2 Å². The normalized spacial score (nSPS) is 10.5. The molecule has 2 N–H and O–H groups in total. The lowest BCUT2D eigenvalue weighted by molar-refractivity contribution is 0.305. The van der Waals surface area contributed by atoms with E-state index in [0.29, 0.717) is 18.0 Å². The maximum atomic E-state index is 5.91. The summed E-state index contributed by atoms with van der Waals surface area (Å²) < 4.78 is 11.0. The quantitative estimate of drug-likeness (QED) is 0.744. The van der Waals surface area contributed by atoms with Gasteiger partial charge in [-0.1, -0.05) is 12.1 Å². The zero-order chi connectivity index (χ0) is 14.7. The molecule has 0 atom stereocenters. The minimum absolute atomic E-state index is 0.447. The summed E-state index contributed by atoms with van der Waals surface area (Å²) in [5, 5.41) is 1.09. The van der Waals surface area contributed by atoms with Crippen molar-refractivity contribution in [3.05, 3.63) is 60.3 Å². The molecular formula is C17H16N2O2. The summed E-state index contributed by atoms with van der Waals surface area (Å²) in [5.41, 5.74) is 8.55. The van der Waals surface area contributed by atoms with E-state index < -0.39 is 0 Å². The monoisotopic (exact) mass is 280 g/mol. The van der Waals surface area contributed by atoms with Crippen LogP contribution in [0.1, 0.15) is 5.56 Å². The molecule has 4 heteroatoms. The van der Waals surface area contributed by atoms with Crippen molar-refractivity contribution in [1.29, 1.82) is 0 Å². The van der Waals surface area contributed by atoms with Crippen LogP contribution in [-0.4, -0.2) is 12.1 Å². The molecule has 0 amide bonds. The van der Waals surface area contributed by atoms with Crippen molar-refractivity contribution in [1.82, 2.24) is 4.98 Å². The molecule has 0 radical (unpaired) electrons. The van der Waals surface area contributed by atoms with Gasteiger partial charge in [0.2, 0.25) is 0 Å². The van der Waals surface area contributed by atoms with E-state index in [9.17, 15) is 0 Å². The molecule has 106 valence electrons. The van der Waals surface area contributed by atoms with E-state index in [-0.39, 0.29) is 0 Å². The minimum Gasteiger partial charge on any atom is -0.497 e. The van der Waals surface area contributed by atoms with Crippen LogP contribution < -0.4 is 15.2 Å². The van der Waals surface area contributed by atoms with Crippen LogP contribution in [0.5, 0.6) is 11.5 Å². The van der Waals surface area contributed by atoms with Crippen LogP contribution in [0.3, 0.4) is 0 Å². The molecule has 0 aliphatic heterocycles. The highest BCUT2D eigenvalue weighted by molar-refractivity contribution is 5.78. The lowest BCUT2D eigenvalue weighted by atomic mass is 10.1. The number of benzene rings is 2. The first-order valence-electron chi connectivity index (χ1n) is 6.66. The summed E-state index contributed by atoms with van der Waals surface area (Å²) in [7, 11) is 1.62. The Balaban J connectivity index is 1.80. The highest BCUT2D eigenvalue weighted by Crippen LogP contribution is 2.27. The fourth-order valence-corrected chi connectivity index (χ4v) is 2.14. The van der Waals surface area contributed by atoms with Gasteiger partial charge in [-0.05, 0) is 35.9 Å². The lowest BCUT2D eigenvalue weighted by Crippen LogP contribution is -1.99. The Hall–Kier alpha value is -2.75. The molecule has 0 fully saturated rings. The Labute approximate surface area is 123 Å². The van der Waals surface area contributed by atoms with E-state index in [1.807, 2.05) is 30.3 Å². The number of nitrogens with zero attached hydrogens (tertiary/aromatic N) is 1. The SMILES string of the molecule is COc1ccc(N)c(OCc2ccc3ncccc3c2)c1. The van der Waals surface area contributed by atoms with Crippen molar-refractivity contribution >= 4 is 16.6 Å². The van der Waals surface area contributed by atoms with Gasteiger partial charge in [-0.25, -0.2) is 0 Å². The molecule has 2 aromatic carbocycles. The lowest BCUT2D eigenvalue weighted by Gasteiger charge is -2.11. The summed E-state index contributed by atoms with van der Waals surface area (Å²) >= 11 is 0. The molecule has 0 aliphatic rings. The standard InChI is InChI=1S/C17H16N2O2/c1-20-14-5-6-15(18)17(10-14)21-11-12-4-7-16-13(9-12)3-2-8-19-16/h2-10H,11,18H2,1H3. The van der Waals surface area contributed by atoms with E-state index in [4.69, 9.17) is 15.2 Å². The van der Waals surface area contributed by atoms with Crippen LogP contribution in [0.2, 0.25) is 0 Å². The average Bonchev–Trinajstić information content (AvgIpc) is 2.54. The molecule has 1 aromatic heterocycles. The molecular weight excluding hydrogens is 264 g/mol. The Bertz CT molecular complexity index is 772. The van der Waals surface area contributed by atoms with E-state index in [1.165, 1.54) is 0 Å². The predicted molar refractivity (Wildman–Crippen MR) is 83.5 cm³/mol. The molecule has 0 saturated heterocycles. The van der Waals surface area contributed by atoms with Gasteiger partial charge in [0.15, 0.2) is 0 Å². The Morgan fingerprint density at radius 3 is 2.86 bits per heavy atom. The fourth-order valence-electron chi connectivity index (χ4n) is 2.14. The largest absolute Gasteiger partial charge is 0.497 e. The number of nitrogens with two attached hydrogens (primary N) is 1. The second kappa shape index (κ2) is 5.71. The third-order valence-electron chi connectivity index (χ3n) is 3.28. The average molecular weight is 280 g/mol. The van der Waals surface area contributed by atoms with Crippen molar-refractivity contribution in [3.8, 4) is 11.5 Å². The van der Waals surface area contributed by atoms with Crippen LogP contribution in [0.4, 0.5) is 5.69 Å². The fraction of sp³-hybridized carbons (Fsp3) is 0.118. The first-order valence-corrected chi connectivity index (χ1v) is 6.66. The van der Waals surface area contributed by atoms with Crippen molar-refractivity contribution < 1.29 is 9.47 Å². The third kappa shape index (κ3) is 2.89. The maximum Gasteiger partial charge on any atom is 0.146 e. The van der Waals surface area contributed by atoms with Crippen LogP contribution in [0.15, 0.2) is 54.7 Å².